The first-order chi connectivity index (χ1) is 16.5. The molecule has 2 aromatic carbocycles. The van der Waals surface area contributed by atoms with Gasteiger partial charge in [-0.2, -0.15) is 4.37 Å². The zero-order valence-corrected chi connectivity index (χ0v) is 19.7. The average Bonchev–Trinajstić information content (AvgIpc) is 3.45. The highest BCUT2D eigenvalue weighted by Crippen LogP contribution is 2.31. The number of aryl methyl sites for hydroxylation is 1. The summed E-state index contributed by atoms with van der Waals surface area (Å²) in [5, 5.41) is 7.25. The van der Waals surface area contributed by atoms with Crippen molar-refractivity contribution in [2.45, 2.75) is 6.92 Å². The second-order valence-electron chi connectivity index (χ2n) is 7.28. The molecule has 3 heterocycles. The molecular weight excluding hydrogens is 474 g/mol. The average molecular weight is 492 g/mol. The predicted octanol–water partition coefficient (Wildman–Crippen LogP) is 5.33. The first-order valence-electron chi connectivity index (χ1n) is 10.2. The Balaban J connectivity index is 1.37. The Labute approximate surface area is 203 Å². The van der Waals surface area contributed by atoms with Crippen LogP contribution in [0.25, 0.3) is 22.4 Å². The number of imidazole rings is 1. The van der Waals surface area contributed by atoms with Gasteiger partial charge in [0.05, 0.1) is 16.1 Å². The van der Waals surface area contributed by atoms with E-state index in [4.69, 9.17) is 16.3 Å². The third kappa shape index (κ3) is 4.54. The Kier molecular flexibility index (Phi) is 5.83. The number of hydrogen-bond acceptors (Lipinski definition) is 8. The van der Waals surface area contributed by atoms with Gasteiger partial charge < -0.3 is 20.4 Å². The normalized spacial score (nSPS) is 10.9. The summed E-state index contributed by atoms with van der Waals surface area (Å²) >= 11 is 7.69. The number of anilines is 2. The van der Waals surface area contributed by atoms with Crippen molar-refractivity contribution in [2.75, 3.05) is 12.4 Å². The van der Waals surface area contributed by atoms with Crippen LogP contribution < -0.4 is 15.4 Å². The number of aromatic nitrogens is 5. The maximum atomic E-state index is 11.8. The second-order valence-corrected chi connectivity index (χ2v) is 8.64. The molecule has 0 spiro atoms. The van der Waals surface area contributed by atoms with Gasteiger partial charge in [0.15, 0.2) is 5.82 Å². The third-order valence-electron chi connectivity index (χ3n) is 4.88. The molecule has 0 bridgehead atoms. The van der Waals surface area contributed by atoms with E-state index in [-0.39, 0.29) is 11.6 Å². The first-order valence-corrected chi connectivity index (χ1v) is 11.4. The smallest absolute Gasteiger partial charge is 0.269 e. The van der Waals surface area contributed by atoms with E-state index in [0.29, 0.717) is 33.8 Å². The molecule has 11 heteroatoms. The number of H-pyrrole nitrogens is 1. The van der Waals surface area contributed by atoms with Gasteiger partial charge in [-0.1, -0.05) is 11.6 Å². The van der Waals surface area contributed by atoms with Crippen LogP contribution in [0.4, 0.5) is 11.6 Å². The van der Waals surface area contributed by atoms with Crippen LogP contribution in [0.1, 0.15) is 15.5 Å². The lowest BCUT2D eigenvalue weighted by Gasteiger charge is -2.06. The number of aromatic amines is 1. The van der Waals surface area contributed by atoms with Gasteiger partial charge in [-0.25, -0.2) is 9.97 Å². The number of nitrogens with zero attached hydrogens (tertiary/aromatic N) is 4. The molecule has 5 aromatic rings. The highest BCUT2D eigenvalue weighted by Gasteiger charge is 2.12. The minimum absolute atomic E-state index is 0.276. The summed E-state index contributed by atoms with van der Waals surface area (Å²) in [7, 11) is 1.55. The molecule has 0 aliphatic heterocycles. The number of carbonyl (C=O) groups is 1. The van der Waals surface area contributed by atoms with E-state index in [0.717, 1.165) is 21.8 Å². The molecule has 0 fully saturated rings. The van der Waals surface area contributed by atoms with Gasteiger partial charge in [0.25, 0.3) is 5.91 Å². The van der Waals surface area contributed by atoms with Crippen LogP contribution in [0.5, 0.6) is 11.5 Å². The van der Waals surface area contributed by atoms with Crippen molar-refractivity contribution in [1.29, 1.82) is 0 Å². The van der Waals surface area contributed by atoms with Gasteiger partial charge in [-0.15, -0.1) is 0 Å². The molecule has 170 valence electrons. The summed E-state index contributed by atoms with van der Waals surface area (Å²) in [5.74, 6) is 1.96. The van der Waals surface area contributed by atoms with Gasteiger partial charge in [0.1, 0.15) is 22.2 Å². The molecule has 0 unspecified atom stereocenters. The number of rotatable bonds is 6. The van der Waals surface area contributed by atoms with Crippen LogP contribution in [0.15, 0.2) is 54.7 Å². The van der Waals surface area contributed by atoms with Gasteiger partial charge in [0, 0.05) is 36.6 Å². The lowest BCUT2D eigenvalue weighted by molar-refractivity contribution is 0.0958. The molecule has 5 rings (SSSR count). The Bertz CT molecular complexity index is 1510. The number of carbonyl (C=O) groups excluding carboxylic acids is 1. The molecule has 0 radical (unpaired) electrons. The van der Waals surface area contributed by atoms with E-state index in [1.807, 2.05) is 37.3 Å². The summed E-state index contributed by atoms with van der Waals surface area (Å²) in [6.45, 7) is 1.90. The highest BCUT2D eigenvalue weighted by molar-refractivity contribution is 7.05. The van der Waals surface area contributed by atoms with Crippen LogP contribution >= 0.6 is 23.1 Å². The van der Waals surface area contributed by atoms with Gasteiger partial charge in [-0.05, 0) is 54.9 Å². The molecular formula is C23H18ClN7O2S. The summed E-state index contributed by atoms with van der Waals surface area (Å²) in [6, 6.07) is 14.3. The Hall–Kier alpha value is -4.02. The van der Waals surface area contributed by atoms with E-state index in [2.05, 4.69) is 34.9 Å². The summed E-state index contributed by atoms with van der Waals surface area (Å²) in [4.78, 5) is 28.1. The van der Waals surface area contributed by atoms with Gasteiger partial charge in [0.2, 0.25) is 5.95 Å². The number of halogens is 1. The van der Waals surface area contributed by atoms with Crippen LogP contribution in [0.3, 0.4) is 0 Å². The van der Waals surface area contributed by atoms with Crippen molar-refractivity contribution in [2.24, 2.45) is 0 Å². The SMILES string of the molecule is CNC(=O)c1cc(Oc2ccc3[nH]c(Nc4ccc(Cl)c(-c5nsc(C)n5)c4)nc3c2)ccn1. The van der Waals surface area contributed by atoms with E-state index < -0.39 is 0 Å². The lowest BCUT2D eigenvalue weighted by atomic mass is 10.2. The maximum Gasteiger partial charge on any atom is 0.269 e. The quantitative estimate of drug-likeness (QED) is 0.293. The fraction of sp³-hybridized carbons (Fsp3) is 0.0870. The van der Waals surface area contributed by atoms with Crippen LogP contribution in [-0.2, 0) is 0 Å². The number of ether oxygens (including phenoxy) is 1. The largest absolute Gasteiger partial charge is 0.457 e. The molecule has 0 aliphatic carbocycles. The zero-order chi connectivity index (χ0) is 23.7. The van der Waals surface area contributed by atoms with E-state index in [1.54, 1.807) is 25.2 Å². The van der Waals surface area contributed by atoms with E-state index in [1.165, 1.54) is 17.7 Å². The van der Waals surface area contributed by atoms with Crippen LogP contribution in [0.2, 0.25) is 5.02 Å². The van der Waals surface area contributed by atoms with E-state index >= 15 is 0 Å². The van der Waals surface area contributed by atoms with Crippen LogP contribution in [0, 0.1) is 6.92 Å². The maximum absolute atomic E-state index is 11.8. The molecule has 9 nitrogen and oxygen atoms in total. The standard InChI is InChI=1S/C23H18ClN7O2S/c1-12-27-21(31-34-12)16-9-13(3-5-17(16)24)28-23-29-18-6-4-14(10-19(18)30-23)33-15-7-8-26-20(11-15)22(32)25-2/h3-11H,1-2H3,(H,25,32)(H2,28,29,30). The highest BCUT2D eigenvalue weighted by atomic mass is 35.5. The van der Waals surface area contributed by atoms with Crippen molar-refractivity contribution < 1.29 is 9.53 Å². The number of benzene rings is 2. The number of nitrogens with one attached hydrogen (secondary N) is 3. The Morgan fingerprint density at radius 1 is 1.09 bits per heavy atom. The number of hydrogen-bond donors (Lipinski definition) is 3. The molecule has 0 saturated carbocycles. The molecule has 34 heavy (non-hydrogen) atoms. The molecule has 0 atom stereocenters. The van der Waals surface area contributed by atoms with Crippen molar-refractivity contribution in [3.8, 4) is 22.9 Å². The minimum atomic E-state index is -0.282. The Morgan fingerprint density at radius 2 is 1.94 bits per heavy atom. The van der Waals surface area contributed by atoms with E-state index in [9.17, 15) is 4.79 Å². The zero-order valence-electron chi connectivity index (χ0n) is 18.1. The fourth-order valence-corrected chi connectivity index (χ4v) is 3.98. The number of amides is 1. The topological polar surface area (TPSA) is 118 Å². The molecule has 1 amide bonds. The monoisotopic (exact) mass is 491 g/mol. The molecule has 3 aromatic heterocycles. The van der Waals surface area contributed by atoms with Crippen molar-refractivity contribution in [3.05, 3.63) is 70.5 Å². The minimum Gasteiger partial charge on any atom is -0.457 e. The third-order valence-corrected chi connectivity index (χ3v) is 5.83. The summed E-state index contributed by atoms with van der Waals surface area (Å²) in [5.41, 5.74) is 3.36. The summed E-state index contributed by atoms with van der Waals surface area (Å²) in [6.07, 6.45) is 1.53. The predicted molar refractivity (Wildman–Crippen MR) is 132 cm³/mol. The van der Waals surface area contributed by atoms with Gasteiger partial charge in [-0.3, -0.25) is 9.78 Å². The van der Waals surface area contributed by atoms with Crippen LogP contribution in [-0.4, -0.2) is 37.3 Å². The molecule has 0 saturated heterocycles. The lowest BCUT2D eigenvalue weighted by Crippen LogP contribution is -2.18. The van der Waals surface area contributed by atoms with Crippen molar-refractivity contribution >= 4 is 51.7 Å². The fourth-order valence-electron chi connectivity index (χ4n) is 3.29. The van der Waals surface area contributed by atoms with Crippen molar-refractivity contribution in [3.63, 3.8) is 0 Å². The Morgan fingerprint density at radius 3 is 2.74 bits per heavy atom. The van der Waals surface area contributed by atoms with Gasteiger partial charge >= 0.3 is 0 Å². The molecule has 3 N–H and O–H groups in total. The van der Waals surface area contributed by atoms with Crippen molar-refractivity contribution in [1.82, 2.24) is 29.6 Å². The summed E-state index contributed by atoms with van der Waals surface area (Å²) < 4.78 is 10.3. The second kappa shape index (κ2) is 9.08. The number of fused-ring (bicyclic) bond motifs is 1. The molecule has 0 aliphatic rings. The first kappa shape index (κ1) is 21.8. The number of pyridine rings is 1.